The summed E-state index contributed by atoms with van der Waals surface area (Å²) >= 11 is 0. The molecule has 0 radical (unpaired) electrons. The minimum absolute atomic E-state index is 0.746. The molecule has 3 aromatic rings. The lowest BCUT2D eigenvalue weighted by Gasteiger charge is -2.26. The van der Waals surface area contributed by atoms with E-state index >= 15 is 0 Å². The molecule has 5 heteroatoms. The second-order valence-electron chi connectivity index (χ2n) is 7.88. The van der Waals surface area contributed by atoms with Gasteiger partial charge in [0.05, 0.1) is 37.4 Å². The molecule has 2 heterocycles. The molecule has 1 fully saturated rings. The second kappa shape index (κ2) is 9.42. The number of morpholine rings is 1. The Morgan fingerprint density at radius 3 is 2.72 bits per heavy atom. The van der Waals surface area contributed by atoms with E-state index in [-0.39, 0.29) is 0 Å². The Labute approximate surface area is 173 Å². The van der Waals surface area contributed by atoms with Crippen LogP contribution in [-0.2, 0) is 17.8 Å². The van der Waals surface area contributed by atoms with Crippen molar-refractivity contribution in [1.29, 1.82) is 0 Å². The molecule has 1 aliphatic rings. The minimum Gasteiger partial charge on any atom is -0.493 e. The Hall–Kier alpha value is -2.37. The van der Waals surface area contributed by atoms with Crippen molar-refractivity contribution in [2.75, 3.05) is 32.9 Å². The first-order chi connectivity index (χ1) is 14.2. The lowest BCUT2D eigenvalue weighted by molar-refractivity contribution is 0.0326. The van der Waals surface area contributed by atoms with Gasteiger partial charge in [-0.2, -0.15) is 0 Å². The Morgan fingerprint density at radius 1 is 1.03 bits per heavy atom. The van der Waals surface area contributed by atoms with Crippen LogP contribution >= 0.6 is 0 Å². The topological polar surface area (TPSA) is 39.5 Å². The van der Waals surface area contributed by atoms with Crippen LogP contribution < -0.4 is 4.74 Å². The van der Waals surface area contributed by atoms with Crippen molar-refractivity contribution in [2.24, 2.45) is 0 Å². The van der Waals surface area contributed by atoms with Crippen LogP contribution in [0.3, 0.4) is 0 Å². The molecule has 0 N–H and O–H groups in total. The molecule has 154 valence electrons. The molecule has 0 atom stereocenters. The standard InChI is InChI=1S/C24H31N3O2/c1-19-9-10-20(2)23(17-19)29-14-6-5-11-27-22-8-4-3-7-21(22)25-24(27)18-26-12-15-28-16-13-26/h3-4,7-10,17H,5-6,11-16,18H2,1-2H3. The fourth-order valence-electron chi connectivity index (χ4n) is 3.87. The molecule has 1 aromatic heterocycles. The summed E-state index contributed by atoms with van der Waals surface area (Å²) in [6, 6.07) is 14.8. The Bertz CT molecular complexity index is 944. The van der Waals surface area contributed by atoms with Crippen LogP contribution in [0.4, 0.5) is 0 Å². The zero-order valence-corrected chi connectivity index (χ0v) is 17.6. The highest BCUT2D eigenvalue weighted by molar-refractivity contribution is 5.75. The van der Waals surface area contributed by atoms with Crippen LogP contribution in [0, 0.1) is 13.8 Å². The molecule has 2 aromatic carbocycles. The lowest BCUT2D eigenvalue weighted by atomic mass is 10.1. The molecule has 0 aliphatic carbocycles. The Balaban J connectivity index is 1.37. The third-order valence-corrected chi connectivity index (χ3v) is 5.58. The molecule has 4 rings (SSSR count). The molecule has 0 amide bonds. The van der Waals surface area contributed by atoms with Gasteiger partial charge in [-0.15, -0.1) is 0 Å². The van der Waals surface area contributed by atoms with E-state index in [0.29, 0.717) is 0 Å². The molecule has 0 unspecified atom stereocenters. The highest BCUT2D eigenvalue weighted by Crippen LogP contribution is 2.21. The maximum atomic E-state index is 6.03. The van der Waals surface area contributed by atoms with Gasteiger partial charge in [0.25, 0.3) is 0 Å². The maximum absolute atomic E-state index is 6.03. The summed E-state index contributed by atoms with van der Waals surface area (Å²) in [5, 5.41) is 0. The molecule has 1 aliphatic heterocycles. The van der Waals surface area contributed by atoms with E-state index in [2.05, 4.69) is 65.8 Å². The van der Waals surface area contributed by atoms with E-state index in [0.717, 1.165) is 75.9 Å². The molecule has 1 saturated heterocycles. The number of benzene rings is 2. The first-order valence-corrected chi connectivity index (χ1v) is 10.6. The number of aryl methyl sites for hydroxylation is 3. The van der Waals surface area contributed by atoms with Crippen LogP contribution in [0.5, 0.6) is 5.75 Å². The average molecular weight is 394 g/mol. The summed E-state index contributed by atoms with van der Waals surface area (Å²) in [5.74, 6) is 2.16. The molecule has 29 heavy (non-hydrogen) atoms. The van der Waals surface area contributed by atoms with Gasteiger partial charge in [0.2, 0.25) is 0 Å². The highest BCUT2D eigenvalue weighted by Gasteiger charge is 2.16. The number of para-hydroxylation sites is 2. The summed E-state index contributed by atoms with van der Waals surface area (Å²) in [6.07, 6.45) is 2.10. The highest BCUT2D eigenvalue weighted by atomic mass is 16.5. The first-order valence-electron chi connectivity index (χ1n) is 10.6. The third kappa shape index (κ3) is 4.98. The predicted molar refractivity (Wildman–Crippen MR) is 116 cm³/mol. The van der Waals surface area contributed by atoms with Gasteiger partial charge in [-0.3, -0.25) is 4.90 Å². The smallest absolute Gasteiger partial charge is 0.124 e. The molecule has 0 bridgehead atoms. The number of hydrogen-bond acceptors (Lipinski definition) is 4. The van der Waals surface area contributed by atoms with E-state index in [1.54, 1.807) is 0 Å². The number of unbranched alkanes of at least 4 members (excludes halogenated alkanes) is 1. The number of rotatable bonds is 8. The third-order valence-electron chi connectivity index (χ3n) is 5.58. The molecular weight excluding hydrogens is 362 g/mol. The zero-order valence-electron chi connectivity index (χ0n) is 17.6. The van der Waals surface area contributed by atoms with E-state index < -0.39 is 0 Å². The first kappa shape index (κ1) is 19.9. The molecule has 0 spiro atoms. The van der Waals surface area contributed by atoms with Gasteiger partial charge in [-0.1, -0.05) is 24.3 Å². The van der Waals surface area contributed by atoms with Gasteiger partial charge in [0, 0.05) is 19.6 Å². The van der Waals surface area contributed by atoms with Crippen molar-refractivity contribution in [3.8, 4) is 5.75 Å². The molecular formula is C24H31N3O2. The van der Waals surface area contributed by atoms with Crippen LogP contribution in [0.1, 0.15) is 29.8 Å². The normalized spacial score (nSPS) is 15.1. The van der Waals surface area contributed by atoms with E-state index in [9.17, 15) is 0 Å². The number of ether oxygens (including phenoxy) is 2. The van der Waals surface area contributed by atoms with E-state index in [1.807, 2.05) is 0 Å². The second-order valence-corrected chi connectivity index (χ2v) is 7.88. The number of aromatic nitrogens is 2. The van der Waals surface area contributed by atoms with Gasteiger partial charge >= 0.3 is 0 Å². The van der Waals surface area contributed by atoms with Gasteiger partial charge < -0.3 is 14.0 Å². The summed E-state index contributed by atoms with van der Waals surface area (Å²) in [6.45, 7) is 10.4. The minimum atomic E-state index is 0.746. The van der Waals surface area contributed by atoms with Crippen molar-refractivity contribution < 1.29 is 9.47 Å². The number of hydrogen-bond donors (Lipinski definition) is 0. The van der Waals surface area contributed by atoms with Crippen molar-refractivity contribution in [3.63, 3.8) is 0 Å². The van der Waals surface area contributed by atoms with Crippen LogP contribution in [0.15, 0.2) is 42.5 Å². The monoisotopic (exact) mass is 393 g/mol. The largest absolute Gasteiger partial charge is 0.493 e. The van der Waals surface area contributed by atoms with Crippen molar-refractivity contribution >= 4 is 11.0 Å². The zero-order chi connectivity index (χ0) is 20.1. The van der Waals surface area contributed by atoms with Gasteiger partial charge in [0.15, 0.2) is 0 Å². The van der Waals surface area contributed by atoms with E-state index in [4.69, 9.17) is 14.5 Å². The average Bonchev–Trinajstić information content (AvgIpc) is 3.08. The number of imidazole rings is 1. The SMILES string of the molecule is Cc1ccc(C)c(OCCCCn2c(CN3CCOCC3)nc3ccccc32)c1. The summed E-state index contributed by atoms with van der Waals surface area (Å²) in [4.78, 5) is 7.36. The van der Waals surface area contributed by atoms with Crippen molar-refractivity contribution in [1.82, 2.24) is 14.5 Å². The number of fused-ring (bicyclic) bond motifs is 1. The summed E-state index contributed by atoms with van der Waals surface area (Å²) < 4.78 is 13.9. The quantitative estimate of drug-likeness (QED) is 0.534. The van der Waals surface area contributed by atoms with Crippen LogP contribution in [0.2, 0.25) is 0 Å². The molecule has 0 saturated carbocycles. The van der Waals surface area contributed by atoms with Crippen LogP contribution in [0.25, 0.3) is 11.0 Å². The Kier molecular flexibility index (Phi) is 6.47. The summed E-state index contributed by atoms with van der Waals surface area (Å²) in [5.41, 5.74) is 4.75. The number of nitrogens with zero attached hydrogens (tertiary/aromatic N) is 3. The van der Waals surface area contributed by atoms with E-state index in [1.165, 1.54) is 16.6 Å². The van der Waals surface area contributed by atoms with Gasteiger partial charge in [-0.05, 0) is 56.0 Å². The maximum Gasteiger partial charge on any atom is 0.124 e. The van der Waals surface area contributed by atoms with Crippen LogP contribution in [-0.4, -0.2) is 47.4 Å². The van der Waals surface area contributed by atoms with Crippen molar-refractivity contribution in [3.05, 3.63) is 59.4 Å². The lowest BCUT2D eigenvalue weighted by Crippen LogP contribution is -2.36. The van der Waals surface area contributed by atoms with Gasteiger partial charge in [0.1, 0.15) is 11.6 Å². The summed E-state index contributed by atoms with van der Waals surface area (Å²) in [7, 11) is 0. The van der Waals surface area contributed by atoms with Crippen molar-refractivity contribution in [2.45, 2.75) is 39.8 Å². The van der Waals surface area contributed by atoms with Gasteiger partial charge in [-0.25, -0.2) is 4.98 Å². The molecule has 5 nitrogen and oxygen atoms in total. The fourth-order valence-corrected chi connectivity index (χ4v) is 3.87. The Morgan fingerprint density at radius 2 is 1.86 bits per heavy atom. The predicted octanol–water partition coefficient (Wildman–Crippen LogP) is 4.34. The fraction of sp³-hybridized carbons (Fsp3) is 0.458.